The van der Waals surface area contributed by atoms with E-state index in [1.54, 1.807) is 37.4 Å². The molecule has 1 atom stereocenters. The van der Waals surface area contributed by atoms with E-state index in [1.807, 2.05) is 18.2 Å². The molecule has 27 heavy (non-hydrogen) atoms. The fourth-order valence-corrected chi connectivity index (χ4v) is 2.99. The standard InChI is InChI=1S/C20H22N4O3/c1-13(2)14-7-6-8-15(11-14)22-17(25)12-24-18(26)20(3,23-19(24)27)16-9-4-5-10-21-16/h4-11,13H,12H2,1-3H3,(H,22,25)(H,23,27). The second-order valence-corrected chi connectivity index (χ2v) is 6.99. The Balaban J connectivity index is 1.72. The lowest BCUT2D eigenvalue weighted by atomic mass is 9.97. The molecule has 0 radical (unpaired) electrons. The van der Waals surface area contributed by atoms with Gasteiger partial charge in [-0.25, -0.2) is 4.79 Å². The lowest BCUT2D eigenvalue weighted by Crippen LogP contribution is -2.42. The van der Waals surface area contributed by atoms with Crippen molar-refractivity contribution in [3.63, 3.8) is 0 Å². The molecule has 2 aromatic rings. The van der Waals surface area contributed by atoms with Gasteiger partial charge in [-0.2, -0.15) is 0 Å². The molecular formula is C20H22N4O3. The van der Waals surface area contributed by atoms with E-state index >= 15 is 0 Å². The van der Waals surface area contributed by atoms with Gasteiger partial charge in [0, 0.05) is 11.9 Å². The second kappa shape index (κ2) is 7.19. The van der Waals surface area contributed by atoms with Crippen LogP contribution in [0.1, 0.15) is 37.9 Å². The van der Waals surface area contributed by atoms with Crippen molar-refractivity contribution in [1.29, 1.82) is 0 Å². The van der Waals surface area contributed by atoms with Crippen LogP contribution in [0.3, 0.4) is 0 Å². The molecule has 7 nitrogen and oxygen atoms in total. The number of rotatable bonds is 5. The summed E-state index contributed by atoms with van der Waals surface area (Å²) < 4.78 is 0. The summed E-state index contributed by atoms with van der Waals surface area (Å²) in [6, 6.07) is 12.0. The molecule has 7 heteroatoms. The third kappa shape index (κ3) is 3.67. The number of pyridine rings is 1. The van der Waals surface area contributed by atoms with Gasteiger partial charge in [0.2, 0.25) is 5.91 Å². The smallest absolute Gasteiger partial charge is 0.325 e. The monoisotopic (exact) mass is 366 g/mol. The van der Waals surface area contributed by atoms with Crippen LogP contribution in [0.4, 0.5) is 10.5 Å². The van der Waals surface area contributed by atoms with Crippen LogP contribution in [-0.2, 0) is 15.1 Å². The van der Waals surface area contributed by atoms with Gasteiger partial charge in [-0.15, -0.1) is 0 Å². The number of nitrogens with one attached hydrogen (secondary N) is 2. The summed E-state index contributed by atoms with van der Waals surface area (Å²) in [5, 5.41) is 5.38. The Morgan fingerprint density at radius 3 is 2.67 bits per heavy atom. The number of hydrogen-bond acceptors (Lipinski definition) is 4. The molecular weight excluding hydrogens is 344 g/mol. The van der Waals surface area contributed by atoms with Gasteiger partial charge in [0.1, 0.15) is 6.54 Å². The van der Waals surface area contributed by atoms with Crippen molar-refractivity contribution in [3.8, 4) is 0 Å². The Kier molecular flexibility index (Phi) is 4.94. The van der Waals surface area contributed by atoms with Crippen LogP contribution >= 0.6 is 0 Å². The number of urea groups is 1. The minimum atomic E-state index is -1.28. The Labute approximate surface area is 157 Å². The van der Waals surface area contributed by atoms with E-state index in [0.717, 1.165) is 10.5 Å². The number of benzene rings is 1. The summed E-state index contributed by atoms with van der Waals surface area (Å²) in [6.07, 6.45) is 1.55. The van der Waals surface area contributed by atoms with Crippen molar-refractivity contribution < 1.29 is 14.4 Å². The van der Waals surface area contributed by atoms with Crippen molar-refractivity contribution in [2.75, 3.05) is 11.9 Å². The highest BCUT2D eigenvalue weighted by molar-refractivity contribution is 6.10. The van der Waals surface area contributed by atoms with Crippen LogP contribution in [0, 0.1) is 0 Å². The first-order valence-electron chi connectivity index (χ1n) is 8.76. The zero-order valence-corrected chi connectivity index (χ0v) is 15.5. The molecule has 4 amide bonds. The number of carbonyl (C=O) groups is 3. The van der Waals surface area contributed by atoms with E-state index in [0.29, 0.717) is 17.3 Å². The van der Waals surface area contributed by atoms with Crippen molar-refractivity contribution in [3.05, 3.63) is 59.9 Å². The van der Waals surface area contributed by atoms with E-state index in [1.165, 1.54) is 0 Å². The number of amides is 4. The third-order valence-electron chi connectivity index (χ3n) is 4.59. The van der Waals surface area contributed by atoms with Crippen LogP contribution < -0.4 is 10.6 Å². The van der Waals surface area contributed by atoms with Crippen molar-refractivity contribution in [2.24, 2.45) is 0 Å². The zero-order chi connectivity index (χ0) is 19.6. The Morgan fingerprint density at radius 2 is 2.00 bits per heavy atom. The van der Waals surface area contributed by atoms with Gasteiger partial charge in [-0.1, -0.05) is 32.0 Å². The fourth-order valence-electron chi connectivity index (χ4n) is 2.99. The predicted octanol–water partition coefficient (Wildman–Crippen LogP) is 2.61. The molecule has 1 saturated heterocycles. The Hall–Kier alpha value is -3.22. The molecule has 1 aliphatic heterocycles. The summed E-state index contributed by atoms with van der Waals surface area (Å²) >= 11 is 0. The van der Waals surface area contributed by atoms with Gasteiger partial charge in [0.05, 0.1) is 5.69 Å². The first-order valence-corrected chi connectivity index (χ1v) is 8.76. The lowest BCUT2D eigenvalue weighted by molar-refractivity contribution is -0.133. The molecule has 0 saturated carbocycles. The van der Waals surface area contributed by atoms with Crippen LogP contribution in [0.25, 0.3) is 0 Å². The molecule has 0 aliphatic carbocycles. The van der Waals surface area contributed by atoms with Gasteiger partial charge < -0.3 is 10.6 Å². The van der Waals surface area contributed by atoms with Gasteiger partial charge in [-0.05, 0) is 42.7 Å². The van der Waals surface area contributed by atoms with E-state index in [4.69, 9.17) is 0 Å². The van der Waals surface area contributed by atoms with Gasteiger partial charge in [-0.3, -0.25) is 19.5 Å². The fraction of sp³-hybridized carbons (Fsp3) is 0.300. The van der Waals surface area contributed by atoms with Crippen molar-refractivity contribution in [1.82, 2.24) is 15.2 Å². The van der Waals surface area contributed by atoms with Gasteiger partial charge in [0.15, 0.2) is 5.54 Å². The molecule has 1 aromatic heterocycles. The molecule has 1 aliphatic rings. The Bertz CT molecular complexity index is 882. The van der Waals surface area contributed by atoms with E-state index in [-0.39, 0.29) is 6.54 Å². The normalized spacial score (nSPS) is 19.3. The number of hydrogen-bond donors (Lipinski definition) is 2. The molecule has 1 fully saturated rings. The van der Waals surface area contributed by atoms with Crippen LogP contribution in [0.15, 0.2) is 48.7 Å². The molecule has 2 heterocycles. The molecule has 1 unspecified atom stereocenters. The predicted molar refractivity (Wildman–Crippen MR) is 101 cm³/mol. The topological polar surface area (TPSA) is 91.4 Å². The van der Waals surface area contributed by atoms with Gasteiger partial charge >= 0.3 is 6.03 Å². The average molecular weight is 366 g/mol. The molecule has 140 valence electrons. The summed E-state index contributed by atoms with van der Waals surface area (Å²) in [7, 11) is 0. The van der Waals surface area contributed by atoms with Crippen LogP contribution in [0.2, 0.25) is 0 Å². The minimum Gasteiger partial charge on any atom is -0.325 e. The van der Waals surface area contributed by atoms with Crippen molar-refractivity contribution >= 4 is 23.5 Å². The van der Waals surface area contributed by atoms with E-state index in [2.05, 4.69) is 29.5 Å². The Morgan fingerprint density at radius 1 is 1.22 bits per heavy atom. The number of nitrogens with zero attached hydrogens (tertiary/aromatic N) is 2. The first kappa shape index (κ1) is 18.6. The lowest BCUT2D eigenvalue weighted by Gasteiger charge is -2.20. The summed E-state index contributed by atoms with van der Waals surface area (Å²) in [5.41, 5.74) is 0.864. The number of aromatic nitrogens is 1. The van der Waals surface area contributed by atoms with Gasteiger partial charge in [0.25, 0.3) is 5.91 Å². The quantitative estimate of drug-likeness (QED) is 0.796. The number of imide groups is 1. The summed E-state index contributed by atoms with van der Waals surface area (Å²) in [5.74, 6) is -0.617. The highest BCUT2D eigenvalue weighted by Crippen LogP contribution is 2.27. The van der Waals surface area contributed by atoms with E-state index < -0.39 is 23.4 Å². The maximum absolute atomic E-state index is 12.8. The molecule has 0 bridgehead atoms. The highest BCUT2D eigenvalue weighted by Gasteiger charge is 2.50. The number of anilines is 1. The summed E-state index contributed by atoms with van der Waals surface area (Å²) in [6.45, 7) is 5.35. The maximum atomic E-state index is 12.8. The van der Waals surface area contributed by atoms with E-state index in [9.17, 15) is 14.4 Å². The first-order chi connectivity index (χ1) is 12.8. The third-order valence-corrected chi connectivity index (χ3v) is 4.59. The molecule has 3 rings (SSSR count). The highest BCUT2D eigenvalue weighted by atomic mass is 16.2. The SMILES string of the molecule is CC(C)c1cccc(NC(=O)CN2C(=O)NC(C)(c3ccccn3)C2=O)c1. The largest absolute Gasteiger partial charge is 0.325 e. The number of carbonyl (C=O) groups excluding carboxylic acids is 3. The van der Waals surface area contributed by atoms with Crippen LogP contribution in [-0.4, -0.2) is 34.3 Å². The molecule has 2 N–H and O–H groups in total. The second-order valence-electron chi connectivity index (χ2n) is 6.99. The minimum absolute atomic E-state index is 0.326. The van der Waals surface area contributed by atoms with Crippen molar-refractivity contribution in [2.45, 2.75) is 32.2 Å². The van der Waals surface area contributed by atoms with Crippen LogP contribution in [0.5, 0.6) is 0 Å². The molecule has 0 spiro atoms. The summed E-state index contributed by atoms with van der Waals surface area (Å²) in [4.78, 5) is 42.5. The maximum Gasteiger partial charge on any atom is 0.325 e. The average Bonchev–Trinajstić information content (AvgIpc) is 2.87. The zero-order valence-electron chi connectivity index (χ0n) is 15.5. The molecule has 1 aromatic carbocycles.